The molecule has 7 heteroatoms. The van der Waals surface area contributed by atoms with Gasteiger partial charge in [-0.15, -0.1) is 0 Å². The van der Waals surface area contributed by atoms with Crippen LogP contribution in [0, 0.1) is 11.3 Å². The van der Waals surface area contributed by atoms with Crippen molar-refractivity contribution in [2.24, 2.45) is 4.99 Å². The Balaban J connectivity index is 1.74. The average molecular weight is 403 g/mol. The van der Waals surface area contributed by atoms with Crippen LogP contribution in [-0.4, -0.2) is 21.6 Å². The number of hydrogen-bond donors (Lipinski definition) is 0. The molecule has 0 unspecified atom stereocenters. The van der Waals surface area contributed by atoms with Crippen molar-refractivity contribution >= 4 is 29.5 Å². The van der Waals surface area contributed by atoms with Gasteiger partial charge in [0, 0.05) is 27.9 Å². The van der Waals surface area contributed by atoms with Gasteiger partial charge in [0.25, 0.3) is 0 Å². The monoisotopic (exact) mass is 402 g/mol. The Morgan fingerprint density at radius 3 is 2.59 bits per heavy atom. The third kappa shape index (κ3) is 4.10. The number of carbonyl (C=O) groups is 1. The van der Waals surface area contributed by atoms with E-state index in [1.165, 1.54) is 0 Å². The summed E-state index contributed by atoms with van der Waals surface area (Å²) >= 11 is 5.99. The molecule has 142 valence electrons. The third-order valence-corrected chi connectivity index (χ3v) is 4.55. The summed E-state index contributed by atoms with van der Waals surface area (Å²) in [4.78, 5) is 16.7. The summed E-state index contributed by atoms with van der Waals surface area (Å²) in [5, 5.41) is 14.0. The standard InChI is InChI=1S/C22H15ClN4O2/c23-18-9-7-15(8-10-18)20-17(14-27(26-20)12-4-11-24)13-19-22(28)29-21(25-19)16-5-2-1-3-6-16/h1-3,5-10,13-14H,4,12H2/b19-13-. The minimum atomic E-state index is -0.518. The number of rotatable bonds is 5. The zero-order valence-electron chi connectivity index (χ0n) is 15.2. The third-order valence-electron chi connectivity index (χ3n) is 4.29. The Morgan fingerprint density at radius 1 is 1.10 bits per heavy atom. The molecule has 0 saturated carbocycles. The molecule has 4 rings (SSSR count). The van der Waals surface area contributed by atoms with E-state index in [4.69, 9.17) is 21.6 Å². The van der Waals surface area contributed by atoms with Crippen molar-refractivity contribution in [2.75, 3.05) is 0 Å². The highest BCUT2D eigenvalue weighted by Gasteiger charge is 2.25. The summed E-state index contributed by atoms with van der Waals surface area (Å²) in [5.74, 6) is -0.248. The van der Waals surface area contributed by atoms with Gasteiger partial charge in [-0.2, -0.15) is 10.4 Å². The molecule has 0 amide bonds. The van der Waals surface area contributed by atoms with Gasteiger partial charge in [-0.05, 0) is 30.3 Å². The van der Waals surface area contributed by atoms with Crippen LogP contribution >= 0.6 is 11.6 Å². The summed E-state index contributed by atoms with van der Waals surface area (Å²) in [7, 11) is 0. The normalized spacial score (nSPS) is 14.6. The van der Waals surface area contributed by atoms with Gasteiger partial charge in [-0.1, -0.05) is 41.9 Å². The first-order chi connectivity index (χ1) is 14.1. The number of nitrogens with zero attached hydrogens (tertiary/aromatic N) is 4. The molecular weight excluding hydrogens is 388 g/mol. The van der Waals surface area contributed by atoms with E-state index in [2.05, 4.69) is 16.2 Å². The van der Waals surface area contributed by atoms with Gasteiger partial charge in [0.15, 0.2) is 5.70 Å². The minimum absolute atomic E-state index is 0.193. The summed E-state index contributed by atoms with van der Waals surface area (Å²) < 4.78 is 7.00. The Labute approximate surface area is 172 Å². The van der Waals surface area contributed by atoms with E-state index in [1.54, 1.807) is 29.1 Å². The van der Waals surface area contributed by atoms with E-state index in [1.807, 2.05) is 42.5 Å². The first kappa shape index (κ1) is 18.7. The molecular formula is C22H15ClN4O2. The average Bonchev–Trinajstić information content (AvgIpc) is 3.31. The molecule has 0 aliphatic carbocycles. The number of aromatic nitrogens is 2. The fourth-order valence-electron chi connectivity index (χ4n) is 2.91. The number of ether oxygens (including phenoxy) is 1. The molecule has 0 bridgehead atoms. The number of cyclic esters (lactones) is 1. The molecule has 0 radical (unpaired) electrons. The van der Waals surface area contributed by atoms with Gasteiger partial charge in [0.2, 0.25) is 5.90 Å². The van der Waals surface area contributed by atoms with Crippen LogP contribution in [0.3, 0.4) is 0 Å². The van der Waals surface area contributed by atoms with Crippen LogP contribution in [-0.2, 0) is 16.1 Å². The number of esters is 1. The summed E-state index contributed by atoms with van der Waals surface area (Å²) in [6, 6.07) is 18.6. The number of carbonyl (C=O) groups excluding carboxylic acids is 1. The van der Waals surface area contributed by atoms with Gasteiger partial charge < -0.3 is 4.74 Å². The fraction of sp³-hybridized carbons (Fsp3) is 0.0909. The van der Waals surface area contributed by atoms with Crippen LogP contribution in [0.4, 0.5) is 0 Å². The molecule has 1 aromatic heterocycles. The number of hydrogen-bond acceptors (Lipinski definition) is 5. The van der Waals surface area contributed by atoms with Gasteiger partial charge >= 0.3 is 5.97 Å². The Kier molecular flexibility index (Phi) is 5.23. The fourth-order valence-corrected chi connectivity index (χ4v) is 3.04. The molecule has 2 aromatic carbocycles. The zero-order valence-corrected chi connectivity index (χ0v) is 16.0. The predicted octanol–water partition coefficient (Wildman–Crippen LogP) is 4.46. The van der Waals surface area contributed by atoms with Crippen LogP contribution in [0.5, 0.6) is 0 Å². The van der Waals surface area contributed by atoms with Crippen LogP contribution in [0.15, 0.2) is 71.5 Å². The molecule has 3 aromatic rings. The lowest BCUT2D eigenvalue weighted by atomic mass is 10.1. The second kappa shape index (κ2) is 8.13. The van der Waals surface area contributed by atoms with Crippen LogP contribution in [0.1, 0.15) is 17.5 Å². The first-order valence-corrected chi connectivity index (χ1v) is 9.30. The van der Waals surface area contributed by atoms with Crippen molar-refractivity contribution in [1.29, 1.82) is 5.26 Å². The Bertz CT molecular complexity index is 1160. The predicted molar refractivity (Wildman–Crippen MR) is 110 cm³/mol. The zero-order chi connectivity index (χ0) is 20.2. The van der Waals surface area contributed by atoms with Gasteiger partial charge in [0.05, 0.1) is 24.7 Å². The lowest BCUT2D eigenvalue weighted by Crippen LogP contribution is -2.04. The van der Waals surface area contributed by atoms with E-state index in [9.17, 15) is 4.79 Å². The molecule has 0 fully saturated rings. The Morgan fingerprint density at radius 2 is 1.86 bits per heavy atom. The van der Waals surface area contributed by atoms with E-state index in [0.29, 0.717) is 29.2 Å². The SMILES string of the molecule is N#CCCn1cc(/C=C2\N=C(c3ccccc3)OC2=O)c(-c2ccc(Cl)cc2)n1. The largest absolute Gasteiger partial charge is 0.402 e. The highest BCUT2D eigenvalue weighted by molar-refractivity contribution is 6.30. The smallest absolute Gasteiger partial charge is 0.363 e. The number of aryl methyl sites for hydroxylation is 1. The maximum absolute atomic E-state index is 12.3. The molecule has 2 heterocycles. The molecule has 1 aliphatic heterocycles. The molecule has 0 atom stereocenters. The number of benzene rings is 2. The summed E-state index contributed by atoms with van der Waals surface area (Å²) in [5.41, 5.74) is 3.14. The number of aliphatic imine (C=N–C) groups is 1. The Hall–Kier alpha value is -3.69. The van der Waals surface area contributed by atoms with Crippen molar-refractivity contribution in [3.8, 4) is 17.3 Å². The van der Waals surface area contributed by atoms with Crippen molar-refractivity contribution in [1.82, 2.24) is 9.78 Å². The van der Waals surface area contributed by atoms with Crippen molar-refractivity contribution in [3.05, 3.63) is 82.6 Å². The highest BCUT2D eigenvalue weighted by atomic mass is 35.5. The second-order valence-corrected chi connectivity index (χ2v) is 6.75. The van der Waals surface area contributed by atoms with Crippen LogP contribution in [0.25, 0.3) is 17.3 Å². The van der Waals surface area contributed by atoms with Crippen LogP contribution < -0.4 is 0 Å². The molecule has 0 saturated heterocycles. The van der Waals surface area contributed by atoms with Crippen LogP contribution in [0.2, 0.25) is 5.02 Å². The number of halogens is 1. The number of nitriles is 1. The molecule has 29 heavy (non-hydrogen) atoms. The maximum Gasteiger partial charge on any atom is 0.363 e. The molecule has 1 aliphatic rings. The van der Waals surface area contributed by atoms with Crippen molar-refractivity contribution in [2.45, 2.75) is 13.0 Å². The lowest BCUT2D eigenvalue weighted by molar-refractivity contribution is -0.129. The molecule has 0 N–H and O–H groups in total. The minimum Gasteiger partial charge on any atom is -0.402 e. The topological polar surface area (TPSA) is 80.3 Å². The highest BCUT2D eigenvalue weighted by Crippen LogP contribution is 2.27. The van der Waals surface area contributed by atoms with Gasteiger partial charge in [-0.3, -0.25) is 4.68 Å². The van der Waals surface area contributed by atoms with E-state index in [-0.39, 0.29) is 11.6 Å². The summed E-state index contributed by atoms with van der Waals surface area (Å²) in [6.45, 7) is 0.448. The van der Waals surface area contributed by atoms with Gasteiger partial charge in [0.1, 0.15) is 0 Å². The van der Waals surface area contributed by atoms with E-state index in [0.717, 1.165) is 11.1 Å². The molecule has 0 spiro atoms. The van der Waals surface area contributed by atoms with Crippen molar-refractivity contribution in [3.63, 3.8) is 0 Å². The lowest BCUT2D eigenvalue weighted by Gasteiger charge is -1.99. The quantitative estimate of drug-likeness (QED) is 0.466. The van der Waals surface area contributed by atoms with E-state index < -0.39 is 5.97 Å². The van der Waals surface area contributed by atoms with Gasteiger partial charge in [-0.25, -0.2) is 9.79 Å². The summed E-state index contributed by atoms with van der Waals surface area (Å²) in [6.07, 6.45) is 3.77. The molecule has 6 nitrogen and oxygen atoms in total. The second-order valence-electron chi connectivity index (χ2n) is 6.31. The first-order valence-electron chi connectivity index (χ1n) is 8.92. The van der Waals surface area contributed by atoms with Crippen molar-refractivity contribution < 1.29 is 9.53 Å². The maximum atomic E-state index is 12.3. The van der Waals surface area contributed by atoms with E-state index >= 15 is 0 Å².